The zero-order valence-corrected chi connectivity index (χ0v) is 21.6. The lowest BCUT2D eigenvalue weighted by molar-refractivity contribution is 0.0910. The van der Waals surface area contributed by atoms with E-state index in [1.807, 2.05) is 12.1 Å². The van der Waals surface area contributed by atoms with Crippen molar-refractivity contribution in [2.24, 2.45) is 0 Å². The molecule has 4 amide bonds. The number of rotatable bonds is 4. The summed E-state index contributed by atoms with van der Waals surface area (Å²) in [6.45, 7) is 6.30. The van der Waals surface area contributed by atoms with E-state index in [1.165, 1.54) is 4.90 Å². The van der Waals surface area contributed by atoms with Crippen LogP contribution in [0.3, 0.4) is 0 Å². The fourth-order valence-corrected chi connectivity index (χ4v) is 4.85. The van der Waals surface area contributed by atoms with E-state index in [4.69, 9.17) is 4.74 Å². The molecule has 4 aromatic carbocycles. The molecule has 0 N–H and O–H groups in total. The molecule has 0 aromatic heterocycles. The quantitative estimate of drug-likeness (QED) is 0.294. The molecular formula is C32H24N2O5. The zero-order chi connectivity index (χ0) is 27.5. The van der Waals surface area contributed by atoms with Crippen LogP contribution in [0, 0.1) is 0 Å². The van der Waals surface area contributed by atoms with Crippen LogP contribution in [0.2, 0.25) is 0 Å². The number of nitrogens with zero attached hydrogens (tertiary/aromatic N) is 2. The van der Waals surface area contributed by atoms with Crippen molar-refractivity contribution in [1.82, 2.24) is 0 Å². The Bertz CT molecular complexity index is 1650. The second kappa shape index (κ2) is 8.77. The SMILES string of the molecule is CC(C)(C)c1ccc(N2C(=O)c3ccc(Oc4ccc(N5C(=O)c6ccccc6C5=O)cc4)cc3C2=O)cc1. The molecule has 6 rings (SSSR count). The zero-order valence-electron chi connectivity index (χ0n) is 21.6. The van der Waals surface area contributed by atoms with E-state index in [0.29, 0.717) is 39.6 Å². The minimum absolute atomic E-state index is 0.0461. The van der Waals surface area contributed by atoms with Gasteiger partial charge in [-0.1, -0.05) is 45.0 Å². The highest BCUT2D eigenvalue weighted by molar-refractivity contribution is 6.35. The standard InChI is InChI=1S/C32H24N2O5/c1-32(2,3)19-8-10-20(11-9-19)34-30(37)26-17-16-23(18-27(26)31(34)38)39-22-14-12-21(13-15-22)33-28(35)24-6-4-5-7-25(24)29(33)36/h4-18H,1-3H3. The first-order valence-electron chi connectivity index (χ1n) is 12.5. The number of imide groups is 2. The predicted octanol–water partition coefficient (Wildman–Crippen LogP) is 6.38. The molecule has 0 saturated heterocycles. The van der Waals surface area contributed by atoms with E-state index in [1.54, 1.807) is 78.9 Å². The van der Waals surface area contributed by atoms with Crippen molar-refractivity contribution in [1.29, 1.82) is 0 Å². The van der Waals surface area contributed by atoms with Crippen LogP contribution in [0.25, 0.3) is 0 Å². The molecule has 0 radical (unpaired) electrons. The van der Waals surface area contributed by atoms with Gasteiger partial charge in [-0.25, -0.2) is 9.80 Å². The Morgan fingerprint density at radius 3 is 1.46 bits per heavy atom. The molecule has 2 heterocycles. The van der Waals surface area contributed by atoms with Crippen molar-refractivity contribution < 1.29 is 23.9 Å². The van der Waals surface area contributed by atoms with E-state index in [-0.39, 0.29) is 28.7 Å². The summed E-state index contributed by atoms with van der Waals surface area (Å²) in [7, 11) is 0. The van der Waals surface area contributed by atoms with Gasteiger partial charge in [-0.15, -0.1) is 0 Å². The average Bonchev–Trinajstić information content (AvgIpc) is 3.33. The lowest BCUT2D eigenvalue weighted by atomic mass is 9.87. The molecule has 0 bridgehead atoms. The van der Waals surface area contributed by atoms with Crippen LogP contribution < -0.4 is 14.5 Å². The molecule has 39 heavy (non-hydrogen) atoms. The summed E-state index contributed by atoms with van der Waals surface area (Å²) in [6, 6.07) is 25.5. The number of ether oxygens (including phenoxy) is 1. The van der Waals surface area contributed by atoms with E-state index < -0.39 is 5.91 Å². The van der Waals surface area contributed by atoms with Crippen molar-refractivity contribution in [2.75, 3.05) is 9.80 Å². The predicted molar refractivity (Wildman–Crippen MR) is 147 cm³/mol. The normalized spacial score (nSPS) is 14.6. The molecule has 0 aliphatic carbocycles. The maximum atomic E-state index is 13.2. The van der Waals surface area contributed by atoms with Crippen molar-refractivity contribution in [2.45, 2.75) is 26.2 Å². The number of carbonyl (C=O) groups is 4. The van der Waals surface area contributed by atoms with Crippen LogP contribution in [0.1, 0.15) is 67.8 Å². The van der Waals surface area contributed by atoms with Crippen molar-refractivity contribution >= 4 is 35.0 Å². The van der Waals surface area contributed by atoms with Crippen LogP contribution in [-0.4, -0.2) is 23.6 Å². The minimum Gasteiger partial charge on any atom is -0.457 e. The average molecular weight is 517 g/mol. The molecule has 7 nitrogen and oxygen atoms in total. The molecule has 7 heteroatoms. The van der Waals surface area contributed by atoms with Gasteiger partial charge in [0.05, 0.1) is 33.6 Å². The first kappa shape index (κ1) is 24.3. The highest BCUT2D eigenvalue weighted by atomic mass is 16.5. The monoisotopic (exact) mass is 516 g/mol. The highest BCUT2D eigenvalue weighted by Crippen LogP contribution is 2.35. The lowest BCUT2D eigenvalue weighted by Crippen LogP contribution is -2.29. The summed E-state index contributed by atoms with van der Waals surface area (Å²) in [5.74, 6) is -0.706. The molecule has 2 aliphatic heterocycles. The van der Waals surface area contributed by atoms with Crippen LogP contribution in [0.4, 0.5) is 11.4 Å². The van der Waals surface area contributed by atoms with Crippen molar-refractivity contribution in [3.63, 3.8) is 0 Å². The minimum atomic E-state index is -0.412. The van der Waals surface area contributed by atoms with E-state index in [9.17, 15) is 19.2 Å². The number of anilines is 2. The summed E-state index contributed by atoms with van der Waals surface area (Å²) in [5, 5.41) is 0. The molecule has 0 saturated carbocycles. The molecule has 4 aromatic rings. The summed E-state index contributed by atoms with van der Waals surface area (Å²) in [5.41, 5.74) is 3.33. The molecule has 0 atom stereocenters. The van der Waals surface area contributed by atoms with Gasteiger partial charge in [0.15, 0.2) is 0 Å². The van der Waals surface area contributed by atoms with Crippen LogP contribution in [0.15, 0.2) is 91.0 Å². The van der Waals surface area contributed by atoms with Gasteiger partial charge in [0, 0.05) is 0 Å². The fourth-order valence-electron chi connectivity index (χ4n) is 4.85. The van der Waals surface area contributed by atoms with Gasteiger partial charge >= 0.3 is 0 Å². The van der Waals surface area contributed by atoms with Crippen LogP contribution in [-0.2, 0) is 5.41 Å². The lowest BCUT2D eigenvalue weighted by Gasteiger charge is -2.20. The Balaban J connectivity index is 1.21. The molecule has 192 valence electrons. The molecule has 0 fully saturated rings. The van der Waals surface area contributed by atoms with E-state index in [2.05, 4.69) is 20.8 Å². The van der Waals surface area contributed by atoms with Gasteiger partial charge in [-0.05, 0) is 77.7 Å². The Kier molecular flexibility index (Phi) is 5.47. The number of carbonyl (C=O) groups excluding carboxylic acids is 4. The largest absolute Gasteiger partial charge is 0.457 e. The van der Waals surface area contributed by atoms with Crippen LogP contribution >= 0.6 is 0 Å². The van der Waals surface area contributed by atoms with Gasteiger partial charge in [0.1, 0.15) is 11.5 Å². The summed E-state index contributed by atoms with van der Waals surface area (Å²) >= 11 is 0. The van der Waals surface area contributed by atoms with Gasteiger partial charge < -0.3 is 4.74 Å². The Morgan fingerprint density at radius 2 is 0.949 bits per heavy atom. The number of hydrogen-bond donors (Lipinski definition) is 0. The number of amides is 4. The molecule has 0 unspecified atom stereocenters. The summed E-state index contributed by atoms with van der Waals surface area (Å²) in [4.78, 5) is 54.1. The molecule has 0 spiro atoms. The van der Waals surface area contributed by atoms with Gasteiger partial charge in [-0.2, -0.15) is 0 Å². The second-order valence-corrected chi connectivity index (χ2v) is 10.5. The number of fused-ring (bicyclic) bond motifs is 2. The third-order valence-corrected chi connectivity index (χ3v) is 6.97. The maximum absolute atomic E-state index is 13.2. The first-order chi connectivity index (χ1) is 18.6. The van der Waals surface area contributed by atoms with Crippen LogP contribution in [0.5, 0.6) is 11.5 Å². The Morgan fingerprint density at radius 1 is 0.513 bits per heavy atom. The fraction of sp³-hybridized carbons (Fsp3) is 0.125. The van der Waals surface area contributed by atoms with Gasteiger partial charge in [-0.3, -0.25) is 19.2 Å². The van der Waals surface area contributed by atoms with Crippen molar-refractivity contribution in [3.8, 4) is 11.5 Å². The Hall–Kier alpha value is -5.04. The molecule has 2 aliphatic rings. The second-order valence-electron chi connectivity index (χ2n) is 10.5. The van der Waals surface area contributed by atoms with Gasteiger partial charge in [0.25, 0.3) is 23.6 Å². The van der Waals surface area contributed by atoms with E-state index in [0.717, 1.165) is 10.5 Å². The third kappa shape index (κ3) is 3.99. The van der Waals surface area contributed by atoms with E-state index >= 15 is 0 Å². The summed E-state index contributed by atoms with van der Waals surface area (Å²) < 4.78 is 5.94. The smallest absolute Gasteiger partial charge is 0.266 e. The third-order valence-electron chi connectivity index (χ3n) is 6.97. The maximum Gasteiger partial charge on any atom is 0.266 e. The number of benzene rings is 4. The topological polar surface area (TPSA) is 84.0 Å². The summed E-state index contributed by atoms with van der Waals surface area (Å²) in [6.07, 6.45) is 0. The number of hydrogen-bond acceptors (Lipinski definition) is 5. The Labute approximate surface area is 225 Å². The van der Waals surface area contributed by atoms with Gasteiger partial charge in [0.2, 0.25) is 0 Å². The molecular weight excluding hydrogens is 492 g/mol. The highest BCUT2D eigenvalue weighted by Gasteiger charge is 2.38. The first-order valence-corrected chi connectivity index (χ1v) is 12.5. The van der Waals surface area contributed by atoms with Crippen molar-refractivity contribution in [3.05, 3.63) is 119 Å².